The zero-order chi connectivity index (χ0) is 16.1. The van der Waals surface area contributed by atoms with Gasteiger partial charge in [-0.1, -0.05) is 43.7 Å². The third kappa shape index (κ3) is 3.34. The first-order valence-electron chi connectivity index (χ1n) is 7.90. The first-order chi connectivity index (χ1) is 11.3. The van der Waals surface area contributed by atoms with Crippen molar-refractivity contribution in [2.45, 2.75) is 26.3 Å². The summed E-state index contributed by atoms with van der Waals surface area (Å²) in [4.78, 5) is 10.9. The van der Waals surface area contributed by atoms with Crippen LogP contribution in [0.3, 0.4) is 0 Å². The molecule has 0 spiro atoms. The van der Waals surface area contributed by atoms with Crippen molar-refractivity contribution in [3.8, 4) is 6.07 Å². The fourth-order valence-electron chi connectivity index (χ4n) is 2.58. The molecule has 0 radical (unpaired) electrons. The smallest absolute Gasteiger partial charge is 0.236 e. The van der Waals surface area contributed by atoms with Crippen LogP contribution in [-0.2, 0) is 6.54 Å². The van der Waals surface area contributed by atoms with Gasteiger partial charge in [0.05, 0.1) is 6.67 Å². The van der Waals surface area contributed by atoms with Crippen molar-refractivity contribution in [1.29, 1.82) is 5.26 Å². The minimum absolute atomic E-state index is 0.199. The topological polar surface area (TPSA) is 76.9 Å². The van der Waals surface area contributed by atoms with Gasteiger partial charge in [-0.05, 0) is 12.0 Å². The highest BCUT2D eigenvalue weighted by atomic mass is 15.3. The number of fused-ring (bicyclic) bond motifs is 1. The monoisotopic (exact) mass is 308 g/mol. The van der Waals surface area contributed by atoms with E-state index in [1.165, 1.54) is 5.56 Å². The molecule has 0 saturated carbocycles. The predicted octanol–water partition coefficient (Wildman–Crippen LogP) is 2.95. The minimum Gasteiger partial charge on any atom is -0.364 e. The standard InChI is InChI=1S/C17H20N6/c1-2-3-9-23-12-20-15-16(21-14(10-18)22-17(15)23)19-11-13-7-5-4-6-8-13/h4-8,20H,2-3,9,11-12H2,1H3,(H,19,21,22). The number of aromatic nitrogens is 2. The highest BCUT2D eigenvalue weighted by Gasteiger charge is 2.24. The Hall–Kier alpha value is -2.81. The quantitative estimate of drug-likeness (QED) is 0.854. The van der Waals surface area contributed by atoms with Crippen LogP contribution in [0.15, 0.2) is 30.3 Å². The minimum atomic E-state index is 0.199. The van der Waals surface area contributed by atoms with Gasteiger partial charge in [0.1, 0.15) is 11.8 Å². The van der Waals surface area contributed by atoms with Crippen LogP contribution in [0.25, 0.3) is 0 Å². The number of rotatable bonds is 6. The lowest BCUT2D eigenvalue weighted by atomic mass is 10.2. The SMILES string of the molecule is CCCCN1CNc2c(NCc3ccccc3)nc(C#N)nc21. The van der Waals surface area contributed by atoms with Crippen molar-refractivity contribution in [3.63, 3.8) is 0 Å². The molecule has 0 bridgehead atoms. The second-order valence-electron chi connectivity index (χ2n) is 5.50. The van der Waals surface area contributed by atoms with Crippen molar-refractivity contribution in [2.75, 3.05) is 28.7 Å². The normalized spacial score (nSPS) is 12.4. The Bertz CT molecular complexity index is 707. The number of nitriles is 1. The second kappa shape index (κ2) is 6.97. The molecule has 2 heterocycles. The molecule has 3 rings (SSSR count). The average Bonchev–Trinajstić information content (AvgIpc) is 3.01. The van der Waals surface area contributed by atoms with Gasteiger partial charge in [0.2, 0.25) is 5.82 Å². The summed E-state index contributed by atoms with van der Waals surface area (Å²) in [5.74, 6) is 1.71. The van der Waals surface area contributed by atoms with E-state index in [2.05, 4.69) is 50.6 Å². The summed E-state index contributed by atoms with van der Waals surface area (Å²) < 4.78 is 0. The highest BCUT2D eigenvalue weighted by Crippen LogP contribution is 2.35. The molecular weight excluding hydrogens is 288 g/mol. The number of benzene rings is 1. The Kier molecular flexibility index (Phi) is 4.57. The number of hydrogen-bond acceptors (Lipinski definition) is 6. The van der Waals surface area contributed by atoms with Crippen LogP contribution in [0.4, 0.5) is 17.3 Å². The van der Waals surface area contributed by atoms with E-state index >= 15 is 0 Å². The highest BCUT2D eigenvalue weighted by molar-refractivity contribution is 5.81. The molecule has 118 valence electrons. The lowest BCUT2D eigenvalue weighted by Crippen LogP contribution is -2.24. The first-order valence-corrected chi connectivity index (χ1v) is 7.90. The van der Waals surface area contributed by atoms with Gasteiger partial charge in [0.25, 0.3) is 0 Å². The second-order valence-corrected chi connectivity index (χ2v) is 5.50. The Labute approximate surface area is 136 Å². The van der Waals surface area contributed by atoms with Crippen LogP contribution in [-0.4, -0.2) is 23.2 Å². The van der Waals surface area contributed by atoms with E-state index in [1.807, 2.05) is 18.2 Å². The maximum atomic E-state index is 9.20. The number of anilines is 3. The summed E-state index contributed by atoms with van der Waals surface area (Å²) >= 11 is 0. The fourth-order valence-corrected chi connectivity index (χ4v) is 2.58. The summed E-state index contributed by atoms with van der Waals surface area (Å²) in [5.41, 5.74) is 2.05. The molecule has 0 fully saturated rings. The Morgan fingerprint density at radius 2 is 2.13 bits per heavy atom. The Morgan fingerprint density at radius 3 is 2.87 bits per heavy atom. The molecule has 2 aromatic rings. The molecule has 6 heteroatoms. The lowest BCUT2D eigenvalue weighted by Gasteiger charge is -2.16. The van der Waals surface area contributed by atoms with E-state index in [0.717, 1.165) is 30.9 Å². The van der Waals surface area contributed by atoms with Crippen LogP contribution >= 0.6 is 0 Å². The zero-order valence-electron chi connectivity index (χ0n) is 13.2. The molecule has 1 aromatic carbocycles. The molecule has 23 heavy (non-hydrogen) atoms. The average molecular weight is 308 g/mol. The molecule has 1 aliphatic rings. The van der Waals surface area contributed by atoms with Gasteiger partial charge in [-0.2, -0.15) is 15.2 Å². The maximum absolute atomic E-state index is 9.20. The Balaban J connectivity index is 1.83. The molecule has 1 aromatic heterocycles. The summed E-state index contributed by atoms with van der Waals surface area (Å²) in [6.45, 7) is 4.46. The third-order valence-corrected chi connectivity index (χ3v) is 3.82. The van der Waals surface area contributed by atoms with Crippen LogP contribution in [0.5, 0.6) is 0 Å². The van der Waals surface area contributed by atoms with Crippen molar-refractivity contribution >= 4 is 17.3 Å². The summed E-state index contributed by atoms with van der Waals surface area (Å²) in [6.07, 6.45) is 2.22. The summed E-state index contributed by atoms with van der Waals surface area (Å²) in [6, 6.07) is 12.2. The van der Waals surface area contributed by atoms with Gasteiger partial charge in [0, 0.05) is 13.1 Å². The molecular formula is C17H20N6. The predicted molar refractivity (Wildman–Crippen MR) is 91.3 cm³/mol. The van der Waals surface area contributed by atoms with Crippen molar-refractivity contribution in [2.24, 2.45) is 0 Å². The van der Waals surface area contributed by atoms with Gasteiger partial charge in [0.15, 0.2) is 11.6 Å². The van der Waals surface area contributed by atoms with E-state index in [-0.39, 0.29) is 5.82 Å². The summed E-state index contributed by atoms with van der Waals surface area (Å²) in [7, 11) is 0. The zero-order valence-corrected chi connectivity index (χ0v) is 13.2. The van der Waals surface area contributed by atoms with Crippen molar-refractivity contribution in [1.82, 2.24) is 9.97 Å². The van der Waals surface area contributed by atoms with E-state index in [1.54, 1.807) is 0 Å². The molecule has 0 saturated heterocycles. The van der Waals surface area contributed by atoms with E-state index in [4.69, 9.17) is 0 Å². The van der Waals surface area contributed by atoms with E-state index < -0.39 is 0 Å². The van der Waals surface area contributed by atoms with Crippen molar-refractivity contribution in [3.05, 3.63) is 41.7 Å². The third-order valence-electron chi connectivity index (χ3n) is 3.82. The molecule has 0 unspecified atom stereocenters. The summed E-state index contributed by atoms with van der Waals surface area (Å²) in [5, 5.41) is 15.9. The molecule has 1 aliphatic heterocycles. The van der Waals surface area contributed by atoms with Crippen LogP contribution in [0.1, 0.15) is 31.2 Å². The van der Waals surface area contributed by atoms with Gasteiger partial charge < -0.3 is 15.5 Å². The van der Waals surface area contributed by atoms with Crippen molar-refractivity contribution < 1.29 is 0 Å². The maximum Gasteiger partial charge on any atom is 0.236 e. The molecule has 0 aliphatic carbocycles. The van der Waals surface area contributed by atoms with Crippen LogP contribution in [0.2, 0.25) is 0 Å². The molecule has 0 amide bonds. The van der Waals surface area contributed by atoms with Crippen LogP contribution < -0.4 is 15.5 Å². The van der Waals surface area contributed by atoms with Gasteiger partial charge >= 0.3 is 0 Å². The largest absolute Gasteiger partial charge is 0.364 e. The van der Waals surface area contributed by atoms with Gasteiger partial charge in [-0.3, -0.25) is 0 Å². The van der Waals surface area contributed by atoms with Gasteiger partial charge in [-0.15, -0.1) is 0 Å². The van der Waals surface area contributed by atoms with Gasteiger partial charge in [-0.25, -0.2) is 0 Å². The number of hydrogen-bond donors (Lipinski definition) is 2. The van der Waals surface area contributed by atoms with E-state index in [9.17, 15) is 5.26 Å². The first kappa shape index (κ1) is 15.1. The van der Waals surface area contributed by atoms with Crippen LogP contribution in [0, 0.1) is 11.3 Å². The molecule has 0 atom stereocenters. The molecule has 6 nitrogen and oxygen atoms in total. The number of nitrogens with one attached hydrogen (secondary N) is 2. The Morgan fingerprint density at radius 1 is 1.30 bits per heavy atom. The number of unbranched alkanes of at least 4 members (excludes halogenated alkanes) is 1. The van der Waals surface area contributed by atoms with E-state index in [0.29, 0.717) is 19.0 Å². The molecule has 2 N–H and O–H groups in total. The fraction of sp³-hybridized carbons (Fsp3) is 0.353. The number of nitrogens with zero attached hydrogens (tertiary/aromatic N) is 4. The lowest BCUT2D eigenvalue weighted by molar-refractivity contribution is 0.742.